The highest BCUT2D eigenvalue weighted by atomic mass is 16.2. The van der Waals surface area contributed by atoms with E-state index in [-0.39, 0.29) is 23.7 Å². The number of carbonyl (C=O) groups excluding carboxylic acids is 2. The Labute approximate surface area is 183 Å². The summed E-state index contributed by atoms with van der Waals surface area (Å²) in [5.41, 5.74) is 2.29. The van der Waals surface area contributed by atoms with Crippen LogP contribution in [0.2, 0.25) is 0 Å². The first kappa shape index (κ1) is 20.8. The van der Waals surface area contributed by atoms with Crippen molar-refractivity contribution in [1.82, 2.24) is 9.88 Å². The normalized spacial score (nSPS) is 14.4. The molecule has 0 atom stereocenters. The van der Waals surface area contributed by atoms with Gasteiger partial charge in [0.05, 0.1) is 0 Å². The molecule has 2 aromatic carbocycles. The van der Waals surface area contributed by atoms with Gasteiger partial charge in [0, 0.05) is 37.5 Å². The topological polar surface area (TPSA) is 62.3 Å². The first-order valence-corrected chi connectivity index (χ1v) is 10.8. The average Bonchev–Trinajstić information content (AvgIpc) is 2.84. The molecule has 1 saturated heterocycles. The molecule has 1 aromatic heterocycles. The van der Waals surface area contributed by atoms with E-state index in [4.69, 9.17) is 0 Å². The van der Waals surface area contributed by atoms with Crippen molar-refractivity contribution < 1.29 is 9.59 Å². The van der Waals surface area contributed by atoms with E-state index in [1.807, 2.05) is 53.4 Å². The maximum absolute atomic E-state index is 13.1. The number of carbonyl (C=O) groups is 2. The summed E-state index contributed by atoms with van der Waals surface area (Å²) in [6, 6.07) is 25.8. The molecule has 1 fully saturated rings. The lowest BCUT2D eigenvalue weighted by Gasteiger charge is -2.32. The van der Waals surface area contributed by atoms with E-state index in [1.165, 1.54) is 0 Å². The number of hydrogen-bond donors (Lipinski definition) is 1. The molecule has 3 aromatic rings. The molecule has 0 unspecified atom stereocenters. The third-order valence-electron chi connectivity index (χ3n) is 5.92. The molecule has 0 aliphatic carbocycles. The van der Waals surface area contributed by atoms with Crippen LogP contribution in [-0.2, 0) is 9.59 Å². The number of amides is 2. The number of hydrogen-bond acceptors (Lipinski definition) is 3. The van der Waals surface area contributed by atoms with E-state index >= 15 is 0 Å². The fourth-order valence-corrected chi connectivity index (χ4v) is 4.16. The minimum absolute atomic E-state index is 0.0164. The number of aromatic nitrogens is 1. The van der Waals surface area contributed by atoms with Gasteiger partial charge in [0.25, 0.3) is 0 Å². The number of likely N-dealkylation sites (tertiary alicyclic amines) is 1. The van der Waals surface area contributed by atoms with Gasteiger partial charge in [-0.15, -0.1) is 0 Å². The zero-order chi connectivity index (χ0) is 21.5. The van der Waals surface area contributed by atoms with E-state index in [1.54, 1.807) is 12.3 Å². The highest BCUT2D eigenvalue weighted by Crippen LogP contribution is 2.29. The Bertz CT molecular complexity index is 945. The Morgan fingerprint density at radius 1 is 0.871 bits per heavy atom. The molecule has 2 amide bonds. The number of nitrogens with one attached hydrogen (secondary N) is 1. The summed E-state index contributed by atoms with van der Waals surface area (Å²) in [7, 11) is 0. The van der Waals surface area contributed by atoms with Gasteiger partial charge in [-0.2, -0.15) is 0 Å². The number of nitrogens with zero attached hydrogens (tertiary/aromatic N) is 2. The van der Waals surface area contributed by atoms with Crippen LogP contribution in [0.4, 0.5) is 5.82 Å². The fourth-order valence-electron chi connectivity index (χ4n) is 4.16. The molecule has 2 heterocycles. The second-order valence-electron chi connectivity index (χ2n) is 7.94. The van der Waals surface area contributed by atoms with Crippen LogP contribution < -0.4 is 5.32 Å². The lowest BCUT2D eigenvalue weighted by Crippen LogP contribution is -2.42. The third kappa shape index (κ3) is 5.37. The highest BCUT2D eigenvalue weighted by molar-refractivity contribution is 5.91. The second-order valence-corrected chi connectivity index (χ2v) is 7.94. The molecule has 31 heavy (non-hydrogen) atoms. The largest absolute Gasteiger partial charge is 0.343 e. The van der Waals surface area contributed by atoms with Gasteiger partial charge in [-0.1, -0.05) is 66.7 Å². The molecule has 5 heteroatoms. The van der Waals surface area contributed by atoms with Gasteiger partial charge >= 0.3 is 0 Å². The van der Waals surface area contributed by atoms with E-state index in [0.717, 1.165) is 11.1 Å². The first-order valence-electron chi connectivity index (χ1n) is 10.8. The fraction of sp³-hybridized carbons (Fsp3) is 0.269. The Kier molecular flexibility index (Phi) is 6.72. The molecular weight excluding hydrogens is 386 g/mol. The Balaban J connectivity index is 1.37. The van der Waals surface area contributed by atoms with Crippen LogP contribution in [0.15, 0.2) is 85.1 Å². The van der Waals surface area contributed by atoms with Gasteiger partial charge in [-0.3, -0.25) is 9.59 Å². The van der Waals surface area contributed by atoms with Gasteiger partial charge in [0.2, 0.25) is 11.8 Å². The molecule has 1 aliphatic rings. The van der Waals surface area contributed by atoms with E-state index in [9.17, 15) is 9.59 Å². The summed E-state index contributed by atoms with van der Waals surface area (Å²) >= 11 is 0. The molecular formula is C26H27N3O2. The van der Waals surface area contributed by atoms with Crippen molar-refractivity contribution >= 4 is 17.6 Å². The number of piperidine rings is 1. The summed E-state index contributed by atoms with van der Waals surface area (Å²) < 4.78 is 0. The minimum atomic E-state index is -0.0925. The summed E-state index contributed by atoms with van der Waals surface area (Å²) in [5, 5.41) is 2.88. The number of rotatable bonds is 6. The van der Waals surface area contributed by atoms with Gasteiger partial charge < -0.3 is 10.2 Å². The molecule has 5 nitrogen and oxygen atoms in total. The van der Waals surface area contributed by atoms with Crippen molar-refractivity contribution in [2.75, 3.05) is 18.4 Å². The molecule has 4 rings (SSSR count). The zero-order valence-electron chi connectivity index (χ0n) is 17.5. The van der Waals surface area contributed by atoms with Crippen molar-refractivity contribution in [3.8, 4) is 0 Å². The third-order valence-corrected chi connectivity index (χ3v) is 5.92. The van der Waals surface area contributed by atoms with Crippen molar-refractivity contribution in [3.63, 3.8) is 0 Å². The Morgan fingerprint density at radius 3 is 2.00 bits per heavy atom. The number of anilines is 1. The van der Waals surface area contributed by atoms with Crippen LogP contribution >= 0.6 is 0 Å². The molecule has 0 saturated carbocycles. The number of benzene rings is 2. The average molecular weight is 414 g/mol. The van der Waals surface area contributed by atoms with Crippen molar-refractivity contribution in [2.24, 2.45) is 5.92 Å². The molecule has 158 valence electrons. The highest BCUT2D eigenvalue weighted by Gasteiger charge is 2.29. The SMILES string of the molecule is O=C(Nc1ccccn1)C1CCN(C(=O)CC(c2ccccc2)c2ccccc2)CC1. The van der Waals surface area contributed by atoms with Crippen LogP contribution in [0.1, 0.15) is 36.3 Å². The van der Waals surface area contributed by atoms with Crippen LogP contribution in [0.3, 0.4) is 0 Å². The standard InChI is InChI=1S/C26H27N3O2/c30-25(19-23(20-9-3-1-4-10-20)21-11-5-2-6-12-21)29-17-14-22(15-18-29)26(31)28-24-13-7-8-16-27-24/h1-13,16,22-23H,14-15,17-19H2,(H,27,28,31). The molecule has 0 bridgehead atoms. The molecule has 0 spiro atoms. The molecule has 1 N–H and O–H groups in total. The van der Waals surface area contributed by atoms with Gasteiger partial charge in [0.1, 0.15) is 5.82 Å². The van der Waals surface area contributed by atoms with Gasteiger partial charge in [-0.05, 0) is 36.1 Å². The van der Waals surface area contributed by atoms with Crippen molar-refractivity contribution in [3.05, 3.63) is 96.2 Å². The maximum atomic E-state index is 13.1. The second kappa shape index (κ2) is 10.0. The van der Waals surface area contributed by atoms with Crippen LogP contribution in [0.25, 0.3) is 0 Å². The Hall–Kier alpha value is -3.47. The van der Waals surface area contributed by atoms with Crippen molar-refractivity contribution in [2.45, 2.75) is 25.2 Å². The predicted molar refractivity (Wildman–Crippen MR) is 122 cm³/mol. The smallest absolute Gasteiger partial charge is 0.228 e. The first-order chi connectivity index (χ1) is 15.2. The zero-order valence-corrected chi connectivity index (χ0v) is 17.5. The minimum Gasteiger partial charge on any atom is -0.343 e. The predicted octanol–water partition coefficient (Wildman–Crippen LogP) is 4.48. The van der Waals surface area contributed by atoms with E-state index < -0.39 is 0 Å². The lowest BCUT2D eigenvalue weighted by molar-refractivity contribution is -0.134. The van der Waals surface area contributed by atoms with Crippen LogP contribution in [0.5, 0.6) is 0 Å². The van der Waals surface area contributed by atoms with E-state index in [0.29, 0.717) is 38.2 Å². The summed E-state index contributed by atoms with van der Waals surface area (Å²) in [6.07, 6.45) is 3.43. The number of pyridine rings is 1. The van der Waals surface area contributed by atoms with Crippen LogP contribution in [-0.4, -0.2) is 34.8 Å². The van der Waals surface area contributed by atoms with Gasteiger partial charge in [0.15, 0.2) is 0 Å². The monoisotopic (exact) mass is 413 g/mol. The molecule has 0 radical (unpaired) electrons. The van der Waals surface area contributed by atoms with E-state index in [2.05, 4.69) is 34.6 Å². The summed E-state index contributed by atoms with van der Waals surface area (Å²) in [4.78, 5) is 31.7. The Morgan fingerprint density at radius 2 is 1.45 bits per heavy atom. The summed E-state index contributed by atoms with van der Waals surface area (Å²) in [6.45, 7) is 1.21. The van der Waals surface area contributed by atoms with Gasteiger partial charge in [-0.25, -0.2) is 4.98 Å². The quantitative estimate of drug-likeness (QED) is 0.648. The molecule has 1 aliphatic heterocycles. The summed E-state index contributed by atoms with van der Waals surface area (Å²) in [5.74, 6) is 0.628. The van der Waals surface area contributed by atoms with Crippen molar-refractivity contribution in [1.29, 1.82) is 0 Å². The lowest BCUT2D eigenvalue weighted by atomic mass is 9.87. The maximum Gasteiger partial charge on any atom is 0.228 e. The van der Waals surface area contributed by atoms with Crippen LogP contribution in [0, 0.1) is 5.92 Å².